The van der Waals surface area contributed by atoms with Gasteiger partial charge in [-0.2, -0.15) is 0 Å². The van der Waals surface area contributed by atoms with Crippen LogP contribution in [-0.2, 0) is 0 Å². The molecule has 9 heteroatoms. The second kappa shape index (κ2) is 33.7. The molecule has 0 saturated heterocycles. The van der Waals surface area contributed by atoms with Gasteiger partial charge in [-0.3, -0.25) is 4.57 Å². The molecule has 0 saturated carbocycles. The number of rotatable bonds is 13. The molecule has 0 bridgehead atoms. The van der Waals surface area contributed by atoms with Crippen LogP contribution in [0.15, 0.2) is 516 Å². The van der Waals surface area contributed by atoms with E-state index in [1.807, 2.05) is 0 Å². The first-order valence-electron chi connectivity index (χ1n) is 51.5. The van der Waals surface area contributed by atoms with E-state index in [1.54, 1.807) is 0 Å². The van der Waals surface area contributed by atoms with E-state index in [-0.39, 0.29) is 0 Å². The molecule has 0 aliphatic carbocycles. The van der Waals surface area contributed by atoms with E-state index in [4.69, 9.17) is 4.98 Å². The maximum Gasteiger partial charge on any atom is 0.138 e. The molecule has 0 aliphatic rings. The van der Waals surface area contributed by atoms with Gasteiger partial charge in [0.1, 0.15) is 5.82 Å². The van der Waals surface area contributed by atoms with Crippen LogP contribution in [-0.4, -0.2) is 45.0 Å². The smallest absolute Gasteiger partial charge is 0.138 e. The standard InChI is InChI=1S/C50H31N3.C49H31N3.C41H32N2Si/c1-2-12-36(13-3-1)53-46-20-10-11-32-21-22-34-29-35(31-48(53)50(34)49(32)46)33-23-28-42-41-16-6-9-19-45(41)52(47(42)30-33)38-26-24-37(25-27-38)51-43-17-7-4-14-39(43)40-15-5-8-18-44(40)51;1-4-13-32(14-5-1)36-30-42(33-15-6-2-7-16-33)50-47(31-36)52-43-21-11-10-20-39(43)41-29-35(24-27-44(41)52)38-26-28-46-49-40(38)25-23-34-17-12-22-45(48(34)49)51(46)37-18-8-3-9-19-37;1-44(2,3)31-20-18-30(19-21-31)42-36-14-8-7-13-33(36)35-26-28(17-24-37(35)42)32-23-25-39-41-34(32)22-16-27-10-9-15-38(40(27)41)43(39)29-11-5-4-6-12-29/h1-31H;1-31H;4-26H,1-3H3. The van der Waals surface area contributed by atoms with Crippen molar-refractivity contribution in [2.45, 2.75) is 19.6 Å². The zero-order chi connectivity index (χ0) is 98.4. The average Bonchev–Trinajstić information content (AvgIpc) is 1.56. The van der Waals surface area contributed by atoms with Crippen molar-refractivity contribution in [2.75, 3.05) is 0 Å². The summed E-state index contributed by atoms with van der Waals surface area (Å²) in [7, 11) is -1.37. The monoisotopic (exact) mass is 1910 g/mol. The van der Waals surface area contributed by atoms with E-state index in [1.165, 1.54) is 241 Å². The summed E-state index contributed by atoms with van der Waals surface area (Å²) in [6, 6.07) is 189. The molecule has 32 aromatic rings. The predicted molar refractivity (Wildman–Crippen MR) is 634 cm³/mol. The molecule has 8 nitrogen and oxygen atoms in total. The molecule has 8 heterocycles. The molecule has 149 heavy (non-hydrogen) atoms. The van der Waals surface area contributed by atoms with Crippen LogP contribution in [0.5, 0.6) is 0 Å². The Morgan fingerprint density at radius 1 is 0.154 bits per heavy atom. The van der Waals surface area contributed by atoms with E-state index >= 15 is 0 Å². The van der Waals surface area contributed by atoms with Crippen molar-refractivity contribution in [1.82, 2.24) is 37.0 Å². The SMILES string of the molecule is C[Si](C)(C)c1ccc(-n2c3ccccc3c3cc(-c4ccc5c6c4ccc4cccc(c46)n5-c4ccccc4)ccc32)cc1.c1ccc(-c2cc(-c3ccccc3)nc(-n3c4ccccc4c4cc(-c5ccc6c7c5ccc5cccc(c57)n6-c5ccccc5)ccc43)c2)cc1.c1ccc(-n2c3cccc4ccc5cc(-c6ccc7c8ccccc8n(-c8ccc(-n9c%10ccccc%10c%10ccccc%109)cc8)c7c6)cc2c5c43)cc1. The number of para-hydroxylation sites is 8. The van der Waals surface area contributed by atoms with Crippen molar-refractivity contribution in [2.24, 2.45) is 0 Å². The van der Waals surface area contributed by atoms with E-state index in [0.29, 0.717) is 0 Å². The second-order valence-electron chi connectivity index (χ2n) is 40.8. The molecular weight excluding hydrogens is 1820 g/mol. The summed E-state index contributed by atoms with van der Waals surface area (Å²) in [6.07, 6.45) is 0. The summed E-state index contributed by atoms with van der Waals surface area (Å²) in [5.74, 6) is 0.903. The molecule has 0 unspecified atom stereocenters. The van der Waals surface area contributed by atoms with E-state index < -0.39 is 8.07 Å². The Bertz CT molecular complexity index is 10800. The minimum Gasteiger partial charge on any atom is -0.309 e. The second-order valence-corrected chi connectivity index (χ2v) is 45.9. The van der Waals surface area contributed by atoms with Gasteiger partial charge in [-0.1, -0.05) is 352 Å². The number of nitrogens with zero attached hydrogens (tertiary/aromatic N) is 8. The van der Waals surface area contributed by atoms with Crippen LogP contribution in [0.2, 0.25) is 19.6 Å². The van der Waals surface area contributed by atoms with Crippen molar-refractivity contribution < 1.29 is 0 Å². The number of benzene rings is 24. The van der Waals surface area contributed by atoms with Gasteiger partial charge in [0.15, 0.2) is 0 Å². The molecule has 0 radical (unpaired) electrons. The lowest BCUT2D eigenvalue weighted by molar-refractivity contribution is 1.08. The number of aromatic nitrogens is 8. The first kappa shape index (κ1) is 85.4. The molecule has 8 aromatic heterocycles. The third-order valence-electron chi connectivity index (χ3n) is 31.5. The lowest BCUT2D eigenvalue weighted by Crippen LogP contribution is -2.37. The summed E-state index contributed by atoms with van der Waals surface area (Å²) < 4.78 is 16.8. The minimum atomic E-state index is -1.37. The topological polar surface area (TPSA) is 47.4 Å². The van der Waals surface area contributed by atoms with Crippen LogP contribution in [0.4, 0.5) is 0 Å². The van der Waals surface area contributed by atoms with Crippen LogP contribution in [0.3, 0.4) is 0 Å². The molecule has 698 valence electrons. The van der Waals surface area contributed by atoms with Gasteiger partial charge in [0.2, 0.25) is 0 Å². The summed E-state index contributed by atoms with van der Waals surface area (Å²) in [5.41, 5.74) is 35.8. The largest absolute Gasteiger partial charge is 0.309 e. The Labute approximate surface area is 859 Å². The van der Waals surface area contributed by atoms with Gasteiger partial charge in [0.25, 0.3) is 0 Å². The fourth-order valence-electron chi connectivity index (χ4n) is 24.8. The van der Waals surface area contributed by atoms with Crippen LogP contribution >= 0.6 is 0 Å². The lowest BCUT2D eigenvalue weighted by Gasteiger charge is -2.17. The molecule has 32 rings (SSSR count). The normalized spacial score (nSPS) is 12.1. The third kappa shape index (κ3) is 13.5. The van der Waals surface area contributed by atoms with Crippen molar-refractivity contribution in [3.8, 4) is 95.7 Å². The molecule has 0 aliphatic heterocycles. The third-order valence-corrected chi connectivity index (χ3v) is 33.6. The average molecular weight is 1920 g/mol. The molecule has 0 fully saturated rings. The zero-order valence-corrected chi connectivity index (χ0v) is 83.2. The molecule has 0 atom stereocenters. The zero-order valence-electron chi connectivity index (χ0n) is 82.2. The highest BCUT2D eigenvalue weighted by Crippen LogP contribution is 2.50. The Hall–Kier alpha value is -19.2. The number of hydrogen-bond donors (Lipinski definition) is 0. The van der Waals surface area contributed by atoms with Crippen LogP contribution in [0.25, 0.3) is 281 Å². The maximum atomic E-state index is 5.33. The lowest BCUT2D eigenvalue weighted by atomic mass is 9.94. The highest BCUT2D eigenvalue weighted by molar-refractivity contribution is 6.88. The maximum absolute atomic E-state index is 5.33. The first-order valence-corrected chi connectivity index (χ1v) is 55.0. The Morgan fingerprint density at radius 2 is 0.456 bits per heavy atom. The number of fused-ring (bicyclic) bond motifs is 12. The van der Waals surface area contributed by atoms with Crippen molar-refractivity contribution in [1.29, 1.82) is 0 Å². The molecule has 0 N–H and O–H groups in total. The summed E-state index contributed by atoms with van der Waals surface area (Å²) >= 11 is 0. The summed E-state index contributed by atoms with van der Waals surface area (Å²) in [6.45, 7) is 7.22. The van der Waals surface area contributed by atoms with Gasteiger partial charge in [0, 0.05) is 115 Å². The van der Waals surface area contributed by atoms with Gasteiger partial charge >= 0.3 is 0 Å². The summed E-state index contributed by atoms with van der Waals surface area (Å²) in [5, 5.41) is 27.1. The Morgan fingerprint density at radius 3 is 0.919 bits per heavy atom. The quantitative estimate of drug-likeness (QED) is 0.0838. The highest BCUT2D eigenvalue weighted by Gasteiger charge is 2.28. The fourth-order valence-corrected chi connectivity index (χ4v) is 26.0. The number of pyridine rings is 1. The van der Waals surface area contributed by atoms with Gasteiger partial charge < -0.3 is 27.4 Å². The summed E-state index contributed by atoms with van der Waals surface area (Å²) in [4.78, 5) is 5.33. The van der Waals surface area contributed by atoms with E-state index in [2.05, 4.69) is 567 Å². The molecular formula is C140H94N8Si. The van der Waals surface area contributed by atoms with Crippen molar-refractivity contribution >= 4 is 198 Å². The Kier molecular flexibility index (Phi) is 19.3. The van der Waals surface area contributed by atoms with Gasteiger partial charge in [-0.05, 0) is 265 Å². The minimum absolute atomic E-state index is 0.903. The van der Waals surface area contributed by atoms with Crippen LogP contribution in [0.1, 0.15) is 0 Å². The molecule has 0 spiro atoms. The van der Waals surface area contributed by atoms with Crippen molar-refractivity contribution in [3.63, 3.8) is 0 Å². The van der Waals surface area contributed by atoms with E-state index in [9.17, 15) is 0 Å². The molecule has 24 aromatic carbocycles. The Balaban J connectivity index is 0.000000103. The van der Waals surface area contributed by atoms with Gasteiger partial charge in [-0.25, -0.2) is 4.98 Å². The predicted octanol–water partition coefficient (Wildman–Crippen LogP) is 36.8. The van der Waals surface area contributed by atoms with Gasteiger partial charge in [0.05, 0.1) is 91.0 Å². The molecule has 0 amide bonds. The fraction of sp³-hybridized carbons (Fsp3) is 0.0214. The van der Waals surface area contributed by atoms with Crippen LogP contribution in [0, 0.1) is 0 Å². The first-order chi connectivity index (χ1) is 73.6. The van der Waals surface area contributed by atoms with Gasteiger partial charge in [-0.15, -0.1) is 0 Å². The van der Waals surface area contributed by atoms with Crippen LogP contribution < -0.4 is 5.19 Å². The van der Waals surface area contributed by atoms with Crippen molar-refractivity contribution in [3.05, 3.63) is 516 Å². The van der Waals surface area contributed by atoms with E-state index in [0.717, 1.165) is 45.0 Å². The highest BCUT2D eigenvalue weighted by atomic mass is 28.3. The number of hydrogen-bond acceptors (Lipinski definition) is 1.